The number of carbonyl (C=O) groups is 5. The van der Waals surface area contributed by atoms with E-state index in [0.717, 1.165) is 4.57 Å². The van der Waals surface area contributed by atoms with Gasteiger partial charge < -0.3 is 34.9 Å². The number of allylic oxidation sites excluding steroid dienone is 1. The Labute approximate surface area is 230 Å². The van der Waals surface area contributed by atoms with Gasteiger partial charge in [0.05, 0.1) is 19.6 Å². The number of methoxy groups -OCH3 is 1. The first-order valence-corrected chi connectivity index (χ1v) is 12.5. The van der Waals surface area contributed by atoms with Crippen molar-refractivity contribution >= 4 is 35.3 Å². The van der Waals surface area contributed by atoms with Gasteiger partial charge in [0.25, 0.3) is 11.5 Å². The molecular formula is C26H34N6O8. The molecule has 3 atom stereocenters. The van der Waals surface area contributed by atoms with Crippen molar-refractivity contribution in [3.8, 4) is 0 Å². The van der Waals surface area contributed by atoms with Gasteiger partial charge in [-0.25, -0.2) is 14.6 Å². The molecule has 3 amide bonds. The Balaban J connectivity index is 2.19. The molecule has 40 heavy (non-hydrogen) atoms. The van der Waals surface area contributed by atoms with E-state index in [0.29, 0.717) is 6.42 Å². The summed E-state index contributed by atoms with van der Waals surface area (Å²) in [4.78, 5) is 78.1. The van der Waals surface area contributed by atoms with E-state index in [4.69, 9.17) is 0 Å². The van der Waals surface area contributed by atoms with Crippen LogP contribution in [0.1, 0.15) is 43.6 Å². The maximum absolute atomic E-state index is 13.1. The molecule has 0 bridgehead atoms. The van der Waals surface area contributed by atoms with Crippen LogP contribution in [-0.2, 0) is 37.5 Å². The average Bonchev–Trinajstić information content (AvgIpc) is 3.36. The van der Waals surface area contributed by atoms with Crippen LogP contribution >= 0.6 is 0 Å². The molecule has 216 valence electrons. The van der Waals surface area contributed by atoms with Crippen LogP contribution in [0.5, 0.6) is 0 Å². The molecule has 2 aromatic rings. The van der Waals surface area contributed by atoms with Gasteiger partial charge in [0.1, 0.15) is 30.0 Å². The molecule has 0 spiro atoms. The number of aliphatic carboxylic acids is 1. The lowest BCUT2D eigenvalue weighted by atomic mass is 9.99. The Morgan fingerprint density at radius 3 is 2.52 bits per heavy atom. The van der Waals surface area contributed by atoms with E-state index in [2.05, 4.69) is 25.7 Å². The summed E-state index contributed by atoms with van der Waals surface area (Å²) in [6.07, 6.45) is 7.59. The number of hydrogen-bond donors (Lipinski definition) is 4. The molecule has 0 saturated carbocycles. The third kappa shape index (κ3) is 8.92. The number of aryl methyl sites for hydroxylation is 1. The number of esters is 1. The van der Waals surface area contributed by atoms with Crippen LogP contribution in [0.15, 0.2) is 47.8 Å². The molecule has 0 fully saturated rings. The number of anilines is 1. The van der Waals surface area contributed by atoms with E-state index in [1.54, 1.807) is 20.9 Å². The molecule has 1 unspecified atom stereocenters. The van der Waals surface area contributed by atoms with Crippen molar-refractivity contribution in [3.63, 3.8) is 0 Å². The SMILES string of the molecule is CCC(C)[C@H](NC(=O)Cn1cccc(NC(=O)[C@H](CC/C=C/C(=O)OC)NC(=O)c2cncn2C)c1=O)C(=O)O. The molecule has 0 aliphatic carbocycles. The van der Waals surface area contributed by atoms with Crippen molar-refractivity contribution < 1.29 is 33.8 Å². The van der Waals surface area contributed by atoms with Crippen LogP contribution in [0.3, 0.4) is 0 Å². The Morgan fingerprint density at radius 1 is 1.20 bits per heavy atom. The first-order chi connectivity index (χ1) is 19.0. The number of carbonyl (C=O) groups excluding carboxylic acids is 4. The minimum Gasteiger partial charge on any atom is -0.480 e. The van der Waals surface area contributed by atoms with E-state index in [1.807, 2.05) is 0 Å². The Hall–Kier alpha value is -4.75. The highest BCUT2D eigenvalue weighted by molar-refractivity contribution is 6.00. The summed E-state index contributed by atoms with van der Waals surface area (Å²) in [5.74, 6) is -4.05. The van der Waals surface area contributed by atoms with Gasteiger partial charge in [-0.3, -0.25) is 19.2 Å². The number of hydrogen-bond acceptors (Lipinski definition) is 8. The number of aromatic nitrogens is 3. The van der Waals surface area contributed by atoms with Crippen molar-refractivity contribution in [2.45, 2.75) is 51.7 Å². The molecule has 0 saturated heterocycles. The van der Waals surface area contributed by atoms with Crippen LogP contribution in [-0.4, -0.2) is 68.1 Å². The number of carboxylic acids is 1. The minimum atomic E-state index is -1.18. The number of nitrogens with zero attached hydrogens (tertiary/aromatic N) is 3. The van der Waals surface area contributed by atoms with Crippen molar-refractivity contribution in [2.75, 3.05) is 12.4 Å². The molecule has 0 aliphatic rings. The van der Waals surface area contributed by atoms with E-state index in [9.17, 15) is 33.9 Å². The quantitative estimate of drug-likeness (QED) is 0.188. The molecule has 0 radical (unpaired) electrons. The summed E-state index contributed by atoms with van der Waals surface area (Å²) in [5, 5.41) is 16.9. The number of carboxylic acid groups (broad SMARTS) is 1. The number of ether oxygens (including phenoxy) is 1. The summed E-state index contributed by atoms with van der Waals surface area (Å²) in [7, 11) is 2.84. The normalized spacial score (nSPS) is 13.2. The van der Waals surface area contributed by atoms with Crippen molar-refractivity contribution in [1.82, 2.24) is 24.8 Å². The lowest BCUT2D eigenvalue weighted by molar-refractivity contribution is -0.143. The Morgan fingerprint density at radius 2 is 1.93 bits per heavy atom. The fraction of sp³-hybridized carbons (Fsp3) is 0.423. The number of pyridine rings is 1. The van der Waals surface area contributed by atoms with Gasteiger partial charge in [0, 0.05) is 19.3 Å². The summed E-state index contributed by atoms with van der Waals surface area (Å²) in [6.45, 7) is 3.02. The predicted octanol–water partition coefficient (Wildman–Crippen LogP) is 0.444. The van der Waals surface area contributed by atoms with E-state index >= 15 is 0 Å². The molecule has 2 aromatic heterocycles. The van der Waals surface area contributed by atoms with Crippen LogP contribution in [0.2, 0.25) is 0 Å². The van der Waals surface area contributed by atoms with Gasteiger partial charge in [-0.05, 0) is 30.9 Å². The number of nitrogens with one attached hydrogen (secondary N) is 3. The second-order valence-electron chi connectivity index (χ2n) is 9.03. The highest BCUT2D eigenvalue weighted by Gasteiger charge is 2.26. The molecule has 14 heteroatoms. The molecule has 2 rings (SSSR count). The van der Waals surface area contributed by atoms with Crippen molar-refractivity contribution in [3.05, 3.63) is 59.1 Å². The largest absolute Gasteiger partial charge is 0.480 e. The van der Waals surface area contributed by atoms with Gasteiger partial charge in [-0.1, -0.05) is 26.3 Å². The van der Waals surface area contributed by atoms with Gasteiger partial charge >= 0.3 is 11.9 Å². The molecule has 2 heterocycles. The summed E-state index contributed by atoms with van der Waals surface area (Å²) >= 11 is 0. The molecule has 0 aromatic carbocycles. The van der Waals surface area contributed by atoms with Crippen LogP contribution in [0, 0.1) is 5.92 Å². The standard InChI is InChI=1S/C26H34N6O8/c1-5-16(2)22(26(38)39)30-20(33)14-32-12-8-10-18(25(32)37)29-23(35)17(9-6-7-11-21(34)40-4)28-24(36)19-13-27-15-31(19)3/h7-8,10-13,15-17,22H,5-6,9,14H2,1-4H3,(H,28,36)(H,29,35)(H,30,33)(H,38,39)/b11-7+/t16?,17-,22-/m0/s1. The second kappa shape index (κ2) is 15.0. The number of rotatable bonds is 14. The van der Waals surface area contributed by atoms with E-state index in [-0.39, 0.29) is 30.1 Å². The summed E-state index contributed by atoms with van der Waals surface area (Å²) in [6, 6.07) is 0.557. The van der Waals surface area contributed by atoms with Gasteiger partial charge in [0.2, 0.25) is 11.8 Å². The highest BCUT2D eigenvalue weighted by Crippen LogP contribution is 2.09. The number of amides is 3. The molecule has 0 aliphatic heterocycles. The third-order valence-corrected chi connectivity index (χ3v) is 6.14. The number of imidazole rings is 1. The fourth-order valence-electron chi connectivity index (χ4n) is 3.62. The zero-order chi connectivity index (χ0) is 29.8. The predicted molar refractivity (Wildman–Crippen MR) is 143 cm³/mol. The molecular weight excluding hydrogens is 524 g/mol. The van der Waals surface area contributed by atoms with Crippen LogP contribution in [0.25, 0.3) is 0 Å². The fourth-order valence-corrected chi connectivity index (χ4v) is 3.62. The first-order valence-electron chi connectivity index (χ1n) is 12.5. The average molecular weight is 559 g/mol. The van der Waals surface area contributed by atoms with Gasteiger partial charge in [0.15, 0.2) is 0 Å². The topological polar surface area (TPSA) is 191 Å². The Kier molecular flexibility index (Phi) is 11.8. The summed E-state index contributed by atoms with van der Waals surface area (Å²) < 4.78 is 7.03. The van der Waals surface area contributed by atoms with Crippen molar-refractivity contribution in [1.29, 1.82) is 0 Å². The van der Waals surface area contributed by atoms with Crippen molar-refractivity contribution in [2.24, 2.45) is 13.0 Å². The third-order valence-electron chi connectivity index (χ3n) is 6.14. The lowest BCUT2D eigenvalue weighted by Crippen LogP contribution is -2.47. The summed E-state index contributed by atoms with van der Waals surface area (Å²) in [5.41, 5.74) is -0.654. The first kappa shape index (κ1) is 31.5. The van der Waals surface area contributed by atoms with Crippen LogP contribution in [0.4, 0.5) is 5.69 Å². The zero-order valence-electron chi connectivity index (χ0n) is 22.7. The monoisotopic (exact) mass is 558 g/mol. The second-order valence-corrected chi connectivity index (χ2v) is 9.03. The minimum absolute atomic E-state index is 0.0819. The lowest BCUT2D eigenvalue weighted by Gasteiger charge is -2.20. The smallest absolute Gasteiger partial charge is 0.330 e. The van der Waals surface area contributed by atoms with Gasteiger partial charge in [-0.2, -0.15) is 0 Å². The Bertz CT molecular complexity index is 1310. The maximum Gasteiger partial charge on any atom is 0.330 e. The highest BCUT2D eigenvalue weighted by atomic mass is 16.5. The molecule has 14 nitrogen and oxygen atoms in total. The van der Waals surface area contributed by atoms with Gasteiger partial charge in [-0.15, -0.1) is 0 Å². The van der Waals surface area contributed by atoms with E-state index in [1.165, 1.54) is 54.7 Å². The molecule has 4 N–H and O–H groups in total. The van der Waals surface area contributed by atoms with Crippen LogP contribution < -0.4 is 21.5 Å². The zero-order valence-corrected chi connectivity index (χ0v) is 22.7. The van der Waals surface area contributed by atoms with E-state index < -0.39 is 53.8 Å². The maximum atomic E-state index is 13.1.